The van der Waals surface area contributed by atoms with Crippen molar-refractivity contribution in [1.82, 2.24) is 19.5 Å². The van der Waals surface area contributed by atoms with Crippen LogP contribution in [0.25, 0.3) is 22.4 Å². The Bertz CT molecular complexity index is 1410. The van der Waals surface area contributed by atoms with Gasteiger partial charge in [-0.25, -0.2) is 14.8 Å². The Kier molecular flexibility index (Phi) is 5.94. The van der Waals surface area contributed by atoms with Crippen LogP contribution in [-0.2, 0) is 4.74 Å². The Hall–Kier alpha value is -4.58. The van der Waals surface area contributed by atoms with Crippen LogP contribution >= 0.6 is 0 Å². The number of carbonyl (C=O) groups excluding carboxylic acids is 1. The molecule has 3 heterocycles. The number of non-ortho nitro benzene ring substituents is 1. The van der Waals surface area contributed by atoms with Crippen molar-refractivity contribution in [3.63, 3.8) is 0 Å². The molecule has 1 unspecified atom stereocenters. The SMILES string of the molecule is NC(=O)Oc1cccc(-c2nc(Nc3cccc([N+](=O)[O-])c3)nc3c2ncn3C2CCCCO2)c1. The third-order valence-corrected chi connectivity index (χ3v) is 5.53. The normalized spacial score (nSPS) is 15.6. The number of carbonyl (C=O) groups is 1. The van der Waals surface area contributed by atoms with E-state index in [1.807, 2.05) is 4.57 Å². The molecule has 0 saturated carbocycles. The lowest BCUT2D eigenvalue weighted by Gasteiger charge is -2.24. The number of aromatic nitrogens is 4. The van der Waals surface area contributed by atoms with Gasteiger partial charge < -0.3 is 20.5 Å². The van der Waals surface area contributed by atoms with Crippen molar-refractivity contribution in [2.24, 2.45) is 5.73 Å². The maximum atomic E-state index is 11.2. The largest absolute Gasteiger partial charge is 0.410 e. The fourth-order valence-electron chi connectivity index (χ4n) is 3.98. The lowest BCUT2D eigenvalue weighted by Crippen LogP contribution is -2.18. The molecule has 3 N–H and O–H groups in total. The van der Waals surface area contributed by atoms with E-state index in [1.54, 1.807) is 42.7 Å². The van der Waals surface area contributed by atoms with Crippen molar-refractivity contribution in [2.45, 2.75) is 25.5 Å². The molecule has 2 aromatic carbocycles. The quantitative estimate of drug-likeness (QED) is 0.306. The molecule has 12 nitrogen and oxygen atoms in total. The van der Waals surface area contributed by atoms with Gasteiger partial charge in [-0.3, -0.25) is 14.7 Å². The molecule has 2 aromatic heterocycles. The summed E-state index contributed by atoms with van der Waals surface area (Å²) in [5, 5.41) is 14.2. The Balaban J connectivity index is 1.62. The summed E-state index contributed by atoms with van der Waals surface area (Å²) in [6, 6.07) is 12.8. The molecule has 1 amide bonds. The fraction of sp³-hybridized carbons (Fsp3) is 0.217. The van der Waals surface area contributed by atoms with E-state index in [-0.39, 0.29) is 23.6 Å². The molecular formula is C23H21N7O5. The van der Waals surface area contributed by atoms with Gasteiger partial charge in [-0.2, -0.15) is 4.98 Å². The molecule has 35 heavy (non-hydrogen) atoms. The van der Waals surface area contributed by atoms with Gasteiger partial charge in [-0.15, -0.1) is 0 Å². The second kappa shape index (κ2) is 9.35. The standard InChI is InChI=1S/C23H21N7O5/c24-22(31)35-17-8-3-5-14(11-17)19-20-21(29(13-25-20)18-9-1-2-10-34-18)28-23(27-19)26-15-6-4-7-16(12-15)30(32)33/h3-8,11-13,18H,1-2,9-10H2,(H2,24,31)(H,26,27,28). The predicted molar refractivity (Wildman–Crippen MR) is 126 cm³/mol. The van der Waals surface area contributed by atoms with Gasteiger partial charge >= 0.3 is 6.09 Å². The van der Waals surface area contributed by atoms with Crippen molar-refractivity contribution in [2.75, 3.05) is 11.9 Å². The first kappa shape index (κ1) is 22.2. The smallest absolute Gasteiger partial charge is 0.409 e. The lowest BCUT2D eigenvalue weighted by atomic mass is 10.1. The number of anilines is 2. The first-order valence-corrected chi connectivity index (χ1v) is 10.9. The number of fused-ring (bicyclic) bond motifs is 1. The van der Waals surface area contributed by atoms with E-state index < -0.39 is 11.0 Å². The average molecular weight is 475 g/mol. The number of nitrogens with two attached hydrogens (primary N) is 1. The van der Waals surface area contributed by atoms with Gasteiger partial charge in [0.1, 0.15) is 23.2 Å². The van der Waals surface area contributed by atoms with Gasteiger partial charge in [-0.05, 0) is 37.5 Å². The zero-order valence-electron chi connectivity index (χ0n) is 18.5. The highest BCUT2D eigenvalue weighted by Gasteiger charge is 2.22. The van der Waals surface area contributed by atoms with Crippen LogP contribution in [0.1, 0.15) is 25.5 Å². The van der Waals surface area contributed by atoms with Crippen LogP contribution in [0.4, 0.5) is 22.1 Å². The summed E-state index contributed by atoms with van der Waals surface area (Å²) in [5.41, 5.74) is 7.71. The molecule has 0 radical (unpaired) electrons. The molecule has 1 fully saturated rings. The number of primary amides is 1. The summed E-state index contributed by atoms with van der Waals surface area (Å²) in [6.07, 6.45) is 3.36. The number of nitrogens with zero attached hydrogens (tertiary/aromatic N) is 5. The molecule has 12 heteroatoms. The minimum Gasteiger partial charge on any atom is -0.410 e. The molecule has 1 aliphatic rings. The van der Waals surface area contributed by atoms with Gasteiger partial charge in [0.15, 0.2) is 5.65 Å². The van der Waals surface area contributed by atoms with E-state index in [4.69, 9.17) is 15.2 Å². The molecule has 1 saturated heterocycles. The number of nitro groups is 1. The van der Waals surface area contributed by atoms with Gasteiger partial charge in [0.05, 0.1) is 11.3 Å². The van der Waals surface area contributed by atoms with E-state index in [0.717, 1.165) is 19.3 Å². The number of ether oxygens (including phenoxy) is 2. The monoisotopic (exact) mass is 475 g/mol. The number of imidazole rings is 1. The highest BCUT2D eigenvalue weighted by molar-refractivity contribution is 5.89. The molecular weight excluding hydrogens is 454 g/mol. The minimum atomic E-state index is -0.929. The molecule has 178 valence electrons. The fourth-order valence-corrected chi connectivity index (χ4v) is 3.98. The van der Waals surface area contributed by atoms with Crippen LogP contribution < -0.4 is 15.8 Å². The topological polar surface area (TPSA) is 160 Å². The number of nitro benzene ring substituents is 1. The van der Waals surface area contributed by atoms with Crippen LogP contribution in [0.15, 0.2) is 54.9 Å². The highest BCUT2D eigenvalue weighted by atomic mass is 16.6. The van der Waals surface area contributed by atoms with Crippen molar-refractivity contribution < 1.29 is 19.2 Å². The molecule has 1 aliphatic heterocycles. The van der Waals surface area contributed by atoms with E-state index in [2.05, 4.69) is 20.3 Å². The molecule has 0 bridgehead atoms. The number of hydrogen-bond acceptors (Lipinski definition) is 9. The summed E-state index contributed by atoms with van der Waals surface area (Å²) in [7, 11) is 0. The summed E-state index contributed by atoms with van der Waals surface area (Å²) < 4.78 is 12.8. The average Bonchev–Trinajstić information content (AvgIpc) is 3.28. The number of nitrogens with one attached hydrogen (secondary N) is 1. The molecule has 4 aromatic rings. The number of rotatable bonds is 6. The van der Waals surface area contributed by atoms with Crippen molar-refractivity contribution >= 4 is 34.6 Å². The molecule has 1 atom stereocenters. The van der Waals surface area contributed by atoms with E-state index >= 15 is 0 Å². The number of amides is 1. The highest BCUT2D eigenvalue weighted by Crippen LogP contribution is 2.33. The summed E-state index contributed by atoms with van der Waals surface area (Å²) >= 11 is 0. The van der Waals surface area contributed by atoms with Crippen LogP contribution in [0.2, 0.25) is 0 Å². The third-order valence-electron chi connectivity index (χ3n) is 5.53. The lowest BCUT2D eigenvalue weighted by molar-refractivity contribution is -0.384. The first-order chi connectivity index (χ1) is 17.0. The van der Waals surface area contributed by atoms with Crippen molar-refractivity contribution in [1.29, 1.82) is 0 Å². The molecule has 0 aliphatic carbocycles. The number of hydrogen-bond donors (Lipinski definition) is 2. The maximum absolute atomic E-state index is 11.2. The van der Waals surface area contributed by atoms with Crippen molar-refractivity contribution in [3.05, 3.63) is 65.0 Å². The molecule has 0 spiro atoms. The van der Waals surface area contributed by atoms with E-state index in [1.165, 1.54) is 12.1 Å². The van der Waals surface area contributed by atoms with Crippen LogP contribution in [0, 0.1) is 10.1 Å². The minimum absolute atomic E-state index is 0.0618. The first-order valence-electron chi connectivity index (χ1n) is 10.9. The second-order valence-electron chi connectivity index (χ2n) is 7.92. The zero-order chi connectivity index (χ0) is 24.4. The summed E-state index contributed by atoms with van der Waals surface area (Å²) in [5.74, 6) is 0.469. The summed E-state index contributed by atoms with van der Waals surface area (Å²) in [6.45, 7) is 0.646. The van der Waals surface area contributed by atoms with Gasteiger partial charge in [0.25, 0.3) is 5.69 Å². The van der Waals surface area contributed by atoms with Gasteiger partial charge in [0.2, 0.25) is 5.95 Å². The maximum Gasteiger partial charge on any atom is 0.409 e. The Morgan fingerprint density at radius 2 is 2.06 bits per heavy atom. The van der Waals surface area contributed by atoms with Gasteiger partial charge in [-0.1, -0.05) is 18.2 Å². The third kappa shape index (κ3) is 4.73. The summed E-state index contributed by atoms with van der Waals surface area (Å²) in [4.78, 5) is 35.8. The van der Waals surface area contributed by atoms with Crippen LogP contribution in [0.5, 0.6) is 5.75 Å². The molecule has 5 rings (SSSR count). The Morgan fingerprint density at radius 1 is 1.20 bits per heavy atom. The number of benzene rings is 2. The van der Waals surface area contributed by atoms with E-state index in [0.29, 0.717) is 34.7 Å². The van der Waals surface area contributed by atoms with Crippen molar-refractivity contribution in [3.8, 4) is 17.0 Å². The Labute approximate surface area is 198 Å². The second-order valence-corrected chi connectivity index (χ2v) is 7.92. The zero-order valence-corrected chi connectivity index (χ0v) is 18.5. The Morgan fingerprint density at radius 3 is 2.83 bits per heavy atom. The van der Waals surface area contributed by atoms with Crippen LogP contribution in [0.3, 0.4) is 0 Å². The van der Waals surface area contributed by atoms with Crippen LogP contribution in [-0.4, -0.2) is 37.1 Å². The van der Waals surface area contributed by atoms with Gasteiger partial charge in [0, 0.05) is 30.0 Å². The predicted octanol–water partition coefficient (Wildman–Crippen LogP) is 4.30. The van der Waals surface area contributed by atoms with E-state index in [9.17, 15) is 14.9 Å².